The number of nitrogens with one attached hydrogen (secondary N) is 1. The number of carbonyl (C=O) groups excluding carboxylic acids is 2. The maximum Gasteiger partial charge on any atom is 0.305 e. The maximum atomic E-state index is 12.6. The average Bonchev–Trinajstić information content (AvgIpc) is 3.58. The zero-order valence-electron chi connectivity index (χ0n) is 60.3. The Labute approximate surface area is 552 Å². The molecule has 0 saturated heterocycles. The van der Waals surface area contributed by atoms with E-state index in [1.807, 2.05) is 0 Å². The summed E-state index contributed by atoms with van der Waals surface area (Å²) in [4.78, 5) is 24.7. The van der Waals surface area contributed by atoms with Crippen LogP contribution in [0, 0.1) is 0 Å². The number of carbonyl (C=O) groups is 2. The second-order valence-electron chi connectivity index (χ2n) is 28.5. The molecule has 88 heavy (non-hydrogen) atoms. The molecule has 524 valence electrons. The van der Waals surface area contributed by atoms with Gasteiger partial charge in [0.2, 0.25) is 5.91 Å². The van der Waals surface area contributed by atoms with Crippen molar-refractivity contribution in [2.24, 2.45) is 0 Å². The first kappa shape index (κ1) is 86.6. The number of hydrogen-bond acceptors (Lipinski definition) is 5. The summed E-state index contributed by atoms with van der Waals surface area (Å²) in [6, 6.07) is -0.540. The molecule has 0 aromatic heterocycles. The van der Waals surface area contributed by atoms with Gasteiger partial charge >= 0.3 is 5.97 Å². The minimum absolute atomic E-state index is 0.0230. The van der Waals surface area contributed by atoms with Gasteiger partial charge in [-0.3, -0.25) is 9.59 Å². The Balaban J connectivity index is 3.34. The Morgan fingerprint density at radius 1 is 0.307 bits per heavy atom. The van der Waals surface area contributed by atoms with Crippen molar-refractivity contribution in [3.8, 4) is 0 Å². The van der Waals surface area contributed by atoms with E-state index in [0.29, 0.717) is 25.9 Å². The lowest BCUT2D eigenvalue weighted by molar-refractivity contribution is -0.143. The van der Waals surface area contributed by atoms with Crippen molar-refractivity contribution in [3.05, 3.63) is 12.2 Å². The smallest absolute Gasteiger partial charge is 0.305 e. The second-order valence-corrected chi connectivity index (χ2v) is 28.5. The normalized spacial score (nSPS) is 12.5. The van der Waals surface area contributed by atoms with Gasteiger partial charge in [-0.1, -0.05) is 424 Å². The molecule has 0 rings (SSSR count). The van der Waals surface area contributed by atoms with Gasteiger partial charge in [0, 0.05) is 12.8 Å². The second kappa shape index (κ2) is 78.0. The molecule has 2 atom stereocenters. The number of ether oxygens (including phenoxy) is 1. The molecule has 0 aromatic carbocycles. The van der Waals surface area contributed by atoms with Gasteiger partial charge < -0.3 is 20.3 Å². The van der Waals surface area contributed by atoms with Crippen LogP contribution in [0.5, 0.6) is 0 Å². The molecular weight excluding hydrogens is 1080 g/mol. The van der Waals surface area contributed by atoms with Crippen molar-refractivity contribution in [1.82, 2.24) is 5.32 Å². The van der Waals surface area contributed by atoms with E-state index in [1.165, 1.54) is 405 Å². The predicted molar refractivity (Wildman–Crippen MR) is 389 cm³/mol. The molecule has 0 heterocycles. The Bertz CT molecular complexity index is 1340. The summed E-state index contributed by atoms with van der Waals surface area (Å²) in [5.74, 6) is -0.00269. The SMILES string of the molecule is CCCCCCCCCCCCCCCCCCCCCCCCCC(O)C(CO)NC(=O)CCCCCCCCCCCCCCCCCCC/C=C\CCCCCCCCCCCCCCOC(=O)CCCCCCCCCCCCCCCCC. The number of aliphatic hydroxyl groups excluding tert-OH is 2. The van der Waals surface area contributed by atoms with Gasteiger partial charge in [-0.05, 0) is 51.4 Å². The highest BCUT2D eigenvalue weighted by Gasteiger charge is 2.20. The van der Waals surface area contributed by atoms with Crippen molar-refractivity contribution < 1.29 is 24.5 Å². The quantitative estimate of drug-likeness (QED) is 0.0320. The lowest BCUT2D eigenvalue weighted by atomic mass is 10.0. The van der Waals surface area contributed by atoms with Crippen molar-refractivity contribution in [2.75, 3.05) is 13.2 Å². The van der Waals surface area contributed by atoms with Crippen LogP contribution in [0.4, 0.5) is 0 Å². The molecule has 0 aliphatic heterocycles. The Kier molecular flexibility index (Phi) is 76.8. The topological polar surface area (TPSA) is 95.9 Å². The molecule has 6 nitrogen and oxygen atoms in total. The van der Waals surface area contributed by atoms with Crippen LogP contribution >= 0.6 is 0 Å². The Morgan fingerprint density at radius 3 is 0.807 bits per heavy atom. The fourth-order valence-corrected chi connectivity index (χ4v) is 13.3. The van der Waals surface area contributed by atoms with Gasteiger partial charge in [-0.2, -0.15) is 0 Å². The lowest BCUT2D eigenvalue weighted by Crippen LogP contribution is -2.45. The molecule has 0 aliphatic carbocycles. The minimum atomic E-state index is -0.663. The number of hydrogen-bond donors (Lipinski definition) is 3. The minimum Gasteiger partial charge on any atom is -0.466 e. The molecule has 0 fully saturated rings. The van der Waals surface area contributed by atoms with Crippen molar-refractivity contribution in [3.63, 3.8) is 0 Å². The molecule has 0 aromatic rings. The van der Waals surface area contributed by atoms with Crippen LogP contribution in [-0.2, 0) is 14.3 Å². The summed E-state index contributed by atoms with van der Waals surface area (Å²) in [6.45, 7) is 5.02. The number of allylic oxidation sites excluding steroid dienone is 2. The largest absolute Gasteiger partial charge is 0.466 e. The van der Waals surface area contributed by atoms with Crippen molar-refractivity contribution in [2.45, 2.75) is 488 Å². The molecule has 1 amide bonds. The highest BCUT2D eigenvalue weighted by molar-refractivity contribution is 5.76. The Morgan fingerprint density at radius 2 is 0.534 bits per heavy atom. The molecule has 0 saturated carbocycles. The van der Waals surface area contributed by atoms with Gasteiger partial charge in [-0.15, -0.1) is 0 Å². The number of esters is 1. The molecule has 2 unspecified atom stereocenters. The molecule has 0 radical (unpaired) electrons. The standard InChI is InChI=1S/C82H161NO5/c1-3-5-7-9-11-13-15-17-19-20-21-22-34-37-40-43-47-50-54-58-62-66-70-74-80(85)79(78-84)83-81(86)75-71-67-63-59-55-51-48-44-41-38-35-32-30-28-26-24-23-25-27-29-31-33-36-39-42-45-49-53-57-61-65-69-73-77-88-82(87)76-72-68-64-60-56-52-46-18-16-14-12-10-8-6-4-2/h27,29,79-80,84-85H,3-26,28,30-78H2,1-2H3,(H,83,86)/b29-27-. The summed E-state index contributed by atoms with van der Waals surface area (Å²) in [5, 5.41) is 23.5. The van der Waals surface area contributed by atoms with Crippen LogP contribution in [0.1, 0.15) is 476 Å². The van der Waals surface area contributed by atoms with Crippen molar-refractivity contribution >= 4 is 11.9 Å². The van der Waals surface area contributed by atoms with E-state index in [9.17, 15) is 19.8 Å². The third-order valence-electron chi connectivity index (χ3n) is 19.6. The van der Waals surface area contributed by atoms with Crippen LogP contribution in [0.3, 0.4) is 0 Å². The third-order valence-corrected chi connectivity index (χ3v) is 19.6. The molecule has 0 spiro atoms. The number of aliphatic hydroxyl groups is 2. The van der Waals surface area contributed by atoms with Crippen LogP contribution in [0.25, 0.3) is 0 Å². The highest BCUT2D eigenvalue weighted by atomic mass is 16.5. The lowest BCUT2D eigenvalue weighted by Gasteiger charge is -2.22. The van der Waals surface area contributed by atoms with E-state index >= 15 is 0 Å². The van der Waals surface area contributed by atoms with E-state index in [-0.39, 0.29) is 18.5 Å². The number of rotatable bonds is 78. The van der Waals surface area contributed by atoms with E-state index in [0.717, 1.165) is 38.5 Å². The first-order chi connectivity index (χ1) is 43.5. The van der Waals surface area contributed by atoms with Gasteiger partial charge in [-0.25, -0.2) is 0 Å². The monoisotopic (exact) mass is 1240 g/mol. The van der Waals surface area contributed by atoms with Gasteiger partial charge in [0.15, 0.2) is 0 Å². The summed E-state index contributed by atoms with van der Waals surface area (Å²) >= 11 is 0. The van der Waals surface area contributed by atoms with Crippen LogP contribution in [-0.4, -0.2) is 47.4 Å². The summed E-state index contributed by atoms with van der Waals surface area (Å²) in [6.07, 6.45) is 98.9. The van der Waals surface area contributed by atoms with E-state index in [1.54, 1.807) is 0 Å². The summed E-state index contributed by atoms with van der Waals surface area (Å²) < 4.78 is 5.51. The fraction of sp³-hybridized carbons (Fsp3) is 0.951. The first-order valence-corrected chi connectivity index (χ1v) is 40.9. The maximum absolute atomic E-state index is 12.6. The van der Waals surface area contributed by atoms with Crippen LogP contribution in [0.2, 0.25) is 0 Å². The fourth-order valence-electron chi connectivity index (χ4n) is 13.3. The Hall–Kier alpha value is -1.40. The van der Waals surface area contributed by atoms with Crippen LogP contribution < -0.4 is 5.32 Å². The zero-order chi connectivity index (χ0) is 63.5. The molecule has 0 bridgehead atoms. The molecular formula is C82H161NO5. The zero-order valence-corrected chi connectivity index (χ0v) is 60.3. The molecule has 3 N–H and O–H groups in total. The summed E-state index contributed by atoms with van der Waals surface area (Å²) in [5.41, 5.74) is 0. The van der Waals surface area contributed by atoms with Gasteiger partial charge in [0.1, 0.15) is 0 Å². The molecule has 6 heteroatoms. The number of unbranched alkanes of at least 4 members (excludes halogenated alkanes) is 65. The van der Waals surface area contributed by atoms with E-state index < -0.39 is 12.1 Å². The highest BCUT2D eigenvalue weighted by Crippen LogP contribution is 2.21. The van der Waals surface area contributed by atoms with Crippen LogP contribution in [0.15, 0.2) is 12.2 Å². The van der Waals surface area contributed by atoms with Crippen molar-refractivity contribution in [1.29, 1.82) is 0 Å². The van der Waals surface area contributed by atoms with E-state index in [4.69, 9.17) is 4.74 Å². The number of amides is 1. The third kappa shape index (κ3) is 73.6. The van der Waals surface area contributed by atoms with Gasteiger partial charge in [0.25, 0.3) is 0 Å². The first-order valence-electron chi connectivity index (χ1n) is 40.9. The van der Waals surface area contributed by atoms with E-state index in [2.05, 4.69) is 31.3 Å². The molecule has 0 aliphatic rings. The average molecular weight is 1240 g/mol. The summed E-state index contributed by atoms with van der Waals surface area (Å²) in [7, 11) is 0. The predicted octanol–water partition coefficient (Wildman–Crippen LogP) is 27.1. The van der Waals surface area contributed by atoms with Gasteiger partial charge in [0.05, 0.1) is 25.4 Å².